The van der Waals surface area contributed by atoms with Crippen LogP contribution in [0.4, 0.5) is 5.69 Å². The zero-order valence-corrected chi connectivity index (χ0v) is 19.7. The van der Waals surface area contributed by atoms with Gasteiger partial charge < -0.3 is 10.1 Å². The van der Waals surface area contributed by atoms with Gasteiger partial charge in [-0.1, -0.05) is 35.9 Å². The summed E-state index contributed by atoms with van der Waals surface area (Å²) in [4.78, 5) is 32.0. The van der Waals surface area contributed by atoms with Crippen molar-refractivity contribution in [1.82, 2.24) is 9.88 Å². The van der Waals surface area contributed by atoms with E-state index in [0.717, 1.165) is 33.3 Å². The molecule has 0 spiro atoms. The van der Waals surface area contributed by atoms with E-state index >= 15 is 0 Å². The molecule has 2 aromatic carbocycles. The van der Waals surface area contributed by atoms with Gasteiger partial charge in [0.05, 0.1) is 29.9 Å². The van der Waals surface area contributed by atoms with Crippen molar-refractivity contribution in [3.05, 3.63) is 69.9 Å². The number of fused-ring (bicyclic) bond motifs is 1. The highest BCUT2D eigenvalue weighted by molar-refractivity contribution is 5.98. The van der Waals surface area contributed by atoms with Gasteiger partial charge in [0.15, 0.2) is 0 Å². The molecule has 1 amide bonds. The van der Waals surface area contributed by atoms with Gasteiger partial charge in [0.25, 0.3) is 0 Å². The number of likely N-dealkylation sites (N-methyl/N-ethyl adjacent to an activating group) is 1. The molecule has 1 heterocycles. The number of carbonyl (C=O) groups is 2. The number of rotatable bonds is 7. The van der Waals surface area contributed by atoms with E-state index in [9.17, 15) is 9.59 Å². The predicted octanol–water partition coefficient (Wildman–Crippen LogP) is 4.72. The van der Waals surface area contributed by atoms with Gasteiger partial charge >= 0.3 is 5.97 Å². The number of carbonyl (C=O) groups excluding carboxylic acids is 2. The molecule has 0 saturated carbocycles. The summed E-state index contributed by atoms with van der Waals surface area (Å²) < 4.78 is 5.30. The monoisotopic (exact) mass is 433 g/mol. The molecule has 0 saturated heterocycles. The average molecular weight is 434 g/mol. The molecule has 0 aliphatic heterocycles. The maximum atomic E-state index is 12.7. The van der Waals surface area contributed by atoms with Crippen LogP contribution in [-0.4, -0.2) is 42.0 Å². The van der Waals surface area contributed by atoms with Crippen molar-refractivity contribution < 1.29 is 14.3 Å². The van der Waals surface area contributed by atoms with E-state index in [-0.39, 0.29) is 25.0 Å². The fraction of sp³-hybridized carbons (Fsp3) is 0.346. The van der Waals surface area contributed by atoms with Crippen molar-refractivity contribution in [1.29, 1.82) is 0 Å². The number of aromatic nitrogens is 1. The van der Waals surface area contributed by atoms with Crippen molar-refractivity contribution in [2.45, 2.75) is 41.2 Å². The maximum absolute atomic E-state index is 12.7. The van der Waals surface area contributed by atoms with Crippen LogP contribution >= 0.6 is 0 Å². The van der Waals surface area contributed by atoms with Crippen LogP contribution in [0, 0.1) is 27.7 Å². The number of nitrogens with zero attached hydrogens (tertiary/aromatic N) is 2. The Morgan fingerprint density at radius 3 is 2.38 bits per heavy atom. The van der Waals surface area contributed by atoms with Gasteiger partial charge in [-0.15, -0.1) is 0 Å². The largest absolute Gasteiger partial charge is 0.462 e. The minimum absolute atomic E-state index is 0.113. The van der Waals surface area contributed by atoms with Gasteiger partial charge in [0, 0.05) is 17.6 Å². The quantitative estimate of drug-likeness (QED) is 0.546. The predicted molar refractivity (Wildman–Crippen MR) is 128 cm³/mol. The average Bonchev–Trinajstić information content (AvgIpc) is 2.71. The molecule has 3 aromatic rings. The molecule has 32 heavy (non-hydrogen) atoms. The van der Waals surface area contributed by atoms with Crippen molar-refractivity contribution in [2.75, 3.05) is 25.5 Å². The zero-order chi connectivity index (χ0) is 23.4. The summed E-state index contributed by atoms with van der Waals surface area (Å²) in [5, 5.41) is 3.95. The van der Waals surface area contributed by atoms with Crippen LogP contribution in [-0.2, 0) is 16.1 Å². The number of nitrogens with one attached hydrogen (secondary N) is 1. The Morgan fingerprint density at radius 1 is 1.06 bits per heavy atom. The normalized spacial score (nSPS) is 11.1. The summed E-state index contributed by atoms with van der Waals surface area (Å²) in [6.45, 7) is 10.5. The SMILES string of the molecule is CCOC(=O)c1c(CN(C)CC(=O)Nc2c(C)cc(C)cc2C)nc2ccccc2c1C. The number of pyridine rings is 1. The van der Waals surface area contributed by atoms with E-state index in [4.69, 9.17) is 9.72 Å². The number of hydrogen-bond acceptors (Lipinski definition) is 5. The summed E-state index contributed by atoms with van der Waals surface area (Å²) in [5.41, 5.74) is 6.83. The lowest BCUT2D eigenvalue weighted by Gasteiger charge is -2.20. The highest BCUT2D eigenvalue weighted by Gasteiger charge is 2.21. The lowest BCUT2D eigenvalue weighted by atomic mass is 10.0. The molecule has 6 nitrogen and oxygen atoms in total. The van der Waals surface area contributed by atoms with E-state index in [1.54, 1.807) is 6.92 Å². The second kappa shape index (κ2) is 9.92. The van der Waals surface area contributed by atoms with Crippen LogP contribution in [0.15, 0.2) is 36.4 Å². The first-order chi connectivity index (χ1) is 15.2. The van der Waals surface area contributed by atoms with Crippen molar-refractivity contribution in [2.24, 2.45) is 0 Å². The Morgan fingerprint density at radius 2 is 1.72 bits per heavy atom. The molecule has 0 radical (unpaired) electrons. The number of benzene rings is 2. The van der Waals surface area contributed by atoms with Gasteiger partial charge in [-0.2, -0.15) is 0 Å². The van der Waals surface area contributed by atoms with Gasteiger partial charge in [0.1, 0.15) is 0 Å². The fourth-order valence-electron chi connectivity index (χ4n) is 4.14. The minimum atomic E-state index is -0.387. The van der Waals surface area contributed by atoms with Crippen molar-refractivity contribution in [3.63, 3.8) is 0 Å². The molecule has 1 aromatic heterocycles. The third-order valence-electron chi connectivity index (χ3n) is 5.48. The van der Waals surface area contributed by atoms with E-state index in [1.165, 1.54) is 5.56 Å². The maximum Gasteiger partial charge on any atom is 0.340 e. The third-order valence-corrected chi connectivity index (χ3v) is 5.48. The summed E-state index contributed by atoms with van der Waals surface area (Å²) in [6, 6.07) is 11.8. The van der Waals surface area contributed by atoms with Gasteiger partial charge in [-0.3, -0.25) is 14.7 Å². The summed E-state index contributed by atoms with van der Waals surface area (Å²) >= 11 is 0. The first-order valence-corrected chi connectivity index (χ1v) is 10.8. The van der Waals surface area contributed by atoms with Gasteiger partial charge in [-0.25, -0.2) is 4.79 Å². The number of ether oxygens (including phenoxy) is 1. The highest BCUT2D eigenvalue weighted by Crippen LogP contribution is 2.25. The molecular weight excluding hydrogens is 402 g/mol. The van der Waals surface area contributed by atoms with Crippen LogP contribution in [0.3, 0.4) is 0 Å². The molecule has 6 heteroatoms. The molecule has 0 atom stereocenters. The number of anilines is 1. The zero-order valence-electron chi connectivity index (χ0n) is 19.7. The molecule has 0 aliphatic rings. The number of para-hydroxylation sites is 1. The second-order valence-electron chi connectivity index (χ2n) is 8.29. The summed E-state index contributed by atoms with van der Waals surface area (Å²) in [6.07, 6.45) is 0. The Hall–Kier alpha value is -3.25. The number of aryl methyl sites for hydroxylation is 4. The Bertz CT molecular complexity index is 1150. The smallest absolute Gasteiger partial charge is 0.340 e. The fourth-order valence-corrected chi connectivity index (χ4v) is 4.14. The molecule has 0 unspecified atom stereocenters. The number of amides is 1. The van der Waals surface area contributed by atoms with E-state index < -0.39 is 0 Å². The Kier molecular flexibility index (Phi) is 7.26. The Labute approximate surface area is 189 Å². The minimum Gasteiger partial charge on any atom is -0.462 e. The number of hydrogen-bond donors (Lipinski definition) is 1. The van der Waals surface area contributed by atoms with Gasteiger partial charge in [0.2, 0.25) is 5.91 Å². The molecule has 0 fully saturated rings. The first-order valence-electron chi connectivity index (χ1n) is 10.8. The van der Waals surface area contributed by atoms with Crippen molar-refractivity contribution >= 4 is 28.5 Å². The third kappa shape index (κ3) is 5.14. The lowest BCUT2D eigenvalue weighted by molar-refractivity contribution is -0.117. The van der Waals surface area contributed by atoms with Crippen LogP contribution in [0.5, 0.6) is 0 Å². The standard InChI is InChI=1S/C26H31N3O3/c1-7-32-26(31)24-19(5)20-10-8-9-11-21(20)27-22(24)14-29(6)15-23(30)28-25-17(3)12-16(2)13-18(25)4/h8-13H,7,14-15H2,1-6H3,(H,28,30). The van der Waals surface area contributed by atoms with E-state index in [0.29, 0.717) is 17.8 Å². The summed E-state index contributed by atoms with van der Waals surface area (Å²) in [7, 11) is 1.84. The van der Waals surface area contributed by atoms with E-state index in [2.05, 4.69) is 17.4 Å². The second-order valence-corrected chi connectivity index (χ2v) is 8.29. The van der Waals surface area contributed by atoms with Crippen LogP contribution in [0.2, 0.25) is 0 Å². The van der Waals surface area contributed by atoms with E-state index in [1.807, 2.05) is 63.9 Å². The summed E-state index contributed by atoms with van der Waals surface area (Å²) in [5.74, 6) is -0.500. The number of esters is 1. The topological polar surface area (TPSA) is 71.5 Å². The Balaban J connectivity index is 1.83. The van der Waals surface area contributed by atoms with Crippen LogP contribution in [0.25, 0.3) is 10.9 Å². The molecular formula is C26H31N3O3. The van der Waals surface area contributed by atoms with Crippen LogP contribution < -0.4 is 5.32 Å². The first kappa shape index (κ1) is 23.4. The molecule has 168 valence electrons. The lowest BCUT2D eigenvalue weighted by Crippen LogP contribution is -2.31. The van der Waals surface area contributed by atoms with Crippen molar-refractivity contribution in [3.8, 4) is 0 Å². The molecule has 1 N–H and O–H groups in total. The molecule has 0 aliphatic carbocycles. The highest BCUT2D eigenvalue weighted by atomic mass is 16.5. The van der Waals surface area contributed by atoms with Crippen LogP contribution in [0.1, 0.15) is 45.2 Å². The van der Waals surface area contributed by atoms with Gasteiger partial charge in [-0.05, 0) is 64.4 Å². The molecule has 0 bridgehead atoms. The molecule has 3 rings (SSSR count).